The quantitative estimate of drug-likeness (QED) is 0.351. The number of amides is 1. The molecule has 1 amide bonds. The van der Waals surface area contributed by atoms with E-state index in [0.717, 1.165) is 5.56 Å². The zero-order valence-electron chi connectivity index (χ0n) is 11.1. The lowest BCUT2D eigenvalue weighted by Gasteiger charge is -2.08. The number of amidine groups is 1. The Morgan fingerprint density at radius 2 is 2.00 bits per heavy atom. The number of hydrogen-bond acceptors (Lipinski definition) is 3. The molecule has 2 aromatic rings. The van der Waals surface area contributed by atoms with Crippen LogP contribution in [0.4, 0.5) is 0 Å². The van der Waals surface area contributed by atoms with Crippen molar-refractivity contribution in [1.82, 2.24) is 5.32 Å². The Morgan fingerprint density at radius 1 is 1.24 bits per heavy atom. The minimum absolute atomic E-state index is 0.0225. The number of carbonyl (C=O) groups excluding carboxylic acids is 1. The van der Waals surface area contributed by atoms with Crippen molar-refractivity contribution in [1.29, 1.82) is 0 Å². The maximum absolute atomic E-state index is 12.0. The molecule has 0 atom stereocenters. The highest BCUT2D eigenvalue weighted by Crippen LogP contribution is 2.14. The number of nitrogens with two attached hydrogens (primary N) is 1. The van der Waals surface area contributed by atoms with Crippen molar-refractivity contribution >= 4 is 23.3 Å². The summed E-state index contributed by atoms with van der Waals surface area (Å²) < 4.78 is 0. The molecule has 2 aromatic carbocycles. The molecule has 0 radical (unpaired) electrons. The lowest BCUT2D eigenvalue weighted by molar-refractivity contribution is 0.0951. The Bertz CT molecular complexity index is 686. The van der Waals surface area contributed by atoms with E-state index in [4.69, 9.17) is 22.5 Å². The third kappa shape index (κ3) is 3.73. The molecule has 0 spiro atoms. The molecule has 0 saturated carbocycles. The van der Waals surface area contributed by atoms with Crippen LogP contribution in [0.5, 0.6) is 0 Å². The maximum atomic E-state index is 12.0. The smallest absolute Gasteiger partial charge is 0.253 e. The Kier molecular flexibility index (Phi) is 4.79. The topological polar surface area (TPSA) is 87.7 Å². The molecular formula is C15H14ClN3O2. The van der Waals surface area contributed by atoms with Gasteiger partial charge >= 0.3 is 0 Å². The first-order valence-corrected chi connectivity index (χ1v) is 6.59. The number of carbonyl (C=O) groups is 1. The third-order valence-corrected chi connectivity index (χ3v) is 3.23. The summed E-state index contributed by atoms with van der Waals surface area (Å²) in [7, 11) is 0. The monoisotopic (exact) mass is 303 g/mol. The van der Waals surface area contributed by atoms with Gasteiger partial charge in [-0.2, -0.15) is 0 Å². The van der Waals surface area contributed by atoms with Crippen LogP contribution in [0.1, 0.15) is 21.5 Å². The predicted octanol–water partition coefficient (Wildman–Crippen LogP) is 2.36. The van der Waals surface area contributed by atoms with E-state index in [1.165, 1.54) is 0 Å². The Morgan fingerprint density at radius 3 is 2.71 bits per heavy atom. The number of nitrogens with zero attached hydrogens (tertiary/aromatic N) is 1. The molecule has 0 aromatic heterocycles. The van der Waals surface area contributed by atoms with E-state index in [2.05, 4.69) is 10.5 Å². The summed E-state index contributed by atoms with van der Waals surface area (Å²) in [5.74, 6) is -0.232. The zero-order valence-corrected chi connectivity index (χ0v) is 11.8. The number of oxime groups is 1. The summed E-state index contributed by atoms with van der Waals surface area (Å²) >= 11 is 5.97. The fraction of sp³-hybridized carbons (Fsp3) is 0.0667. The van der Waals surface area contributed by atoms with Crippen LogP contribution in [0.2, 0.25) is 5.02 Å². The highest BCUT2D eigenvalue weighted by molar-refractivity contribution is 6.33. The van der Waals surface area contributed by atoms with Crippen molar-refractivity contribution in [3.63, 3.8) is 0 Å². The molecule has 6 heteroatoms. The van der Waals surface area contributed by atoms with E-state index in [-0.39, 0.29) is 11.7 Å². The van der Waals surface area contributed by atoms with Crippen LogP contribution < -0.4 is 11.1 Å². The Labute approximate surface area is 127 Å². The molecule has 108 valence electrons. The van der Waals surface area contributed by atoms with Crippen LogP contribution in [0, 0.1) is 0 Å². The van der Waals surface area contributed by atoms with Gasteiger partial charge in [0.05, 0.1) is 10.6 Å². The number of nitrogens with one attached hydrogen (secondary N) is 1. The van der Waals surface area contributed by atoms with Gasteiger partial charge in [0, 0.05) is 12.1 Å². The van der Waals surface area contributed by atoms with Crippen LogP contribution >= 0.6 is 11.6 Å². The maximum Gasteiger partial charge on any atom is 0.253 e. The second-order valence-corrected chi connectivity index (χ2v) is 4.76. The molecule has 5 nitrogen and oxygen atoms in total. The molecule has 0 heterocycles. The minimum atomic E-state index is -0.255. The summed E-state index contributed by atoms with van der Waals surface area (Å²) in [5.41, 5.74) is 7.37. The van der Waals surface area contributed by atoms with Gasteiger partial charge in [-0.05, 0) is 23.8 Å². The fourth-order valence-corrected chi connectivity index (χ4v) is 2.04. The standard InChI is InChI=1S/C15H14ClN3O2/c16-13-7-2-1-6-12(13)15(20)18-9-10-4-3-5-11(8-10)14(17)19-21/h1-8,21H,9H2,(H2,17,19)(H,18,20). The van der Waals surface area contributed by atoms with Crippen LogP contribution in [0.15, 0.2) is 53.7 Å². The minimum Gasteiger partial charge on any atom is -0.409 e. The van der Waals surface area contributed by atoms with Crippen molar-refractivity contribution in [2.24, 2.45) is 10.9 Å². The van der Waals surface area contributed by atoms with Gasteiger partial charge in [-0.25, -0.2) is 0 Å². The van der Waals surface area contributed by atoms with Gasteiger partial charge in [-0.15, -0.1) is 0 Å². The van der Waals surface area contributed by atoms with Crippen molar-refractivity contribution in [3.8, 4) is 0 Å². The molecule has 0 saturated heterocycles. The molecule has 2 rings (SSSR count). The number of rotatable bonds is 4. The molecule has 0 bridgehead atoms. The highest BCUT2D eigenvalue weighted by Gasteiger charge is 2.09. The SMILES string of the molecule is NC(=NO)c1cccc(CNC(=O)c2ccccc2Cl)c1. The number of hydrogen-bond donors (Lipinski definition) is 3. The number of benzene rings is 2. The second-order valence-electron chi connectivity index (χ2n) is 4.35. The summed E-state index contributed by atoms with van der Waals surface area (Å²) in [4.78, 5) is 12.0. The number of halogens is 1. The summed E-state index contributed by atoms with van der Waals surface area (Å²) in [6.07, 6.45) is 0. The third-order valence-electron chi connectivity index (χ3n) is 2.90. The average molecular weight is 304 g/mol. The van der Waals surface area contributed by atoms with Gasteiger partial charge in [0.1, 0.15) is 0 Å². The van der Waals surface area contributed by atoms with E-state index in [0.29, 0.717) is 22.7 Å². The second kappa shape index (κ2) is 6.76. The molecule has 0 aliphatic rings. The van der Waals surface area contributed by atoms with E-state index >= 15 is 0 Å². The highest BCUT2D eigenvalue weighted by atomic mass is 35.5. The molecule has 0 unspecified atom stereocenters. The largest absolute Gasteiger partial charge is 0.409 e. The first-order chi connectivity index (χ1) is 10.1. The van der Waals surface area contributed by atoms with Gasteiger partial charge in [-0.3, -0.25) is 4.79 Å². The summed E-state index contributed by atoms with van der Waals surface area (Å²) in [6.45, 7) is 0.316. The molecule has 0 fully saturated rings. The normalized spacial score (nSPS) is 11.2. The first kappa shape index (κ1) is 14.9. The lowest BCUT2D eigenvalue weighted by atomic mass is 10.1. The van der Waals surface area contributed by atoms with Crippen LogP contribution in [-0.4, -0.2) is 17.0 Å². The average Bonchev–Trinajstić information content (AvgIpc) is 2.52. The van der Waals surface area contributed by atoms with Crippen molar-refractivity contribution in [2.75, 3.05) is 0 Å². The molecular weight excluding hydrogens is 290 g/mol. The zero-order chi connectivity index (χ0) is 15.2. The van der Waals surface area contributed by atoms with Gasteiger partial charge in [0.15, 0.2) is 5.84 Å². The molecule has 0 aliphatic carbocycles. The van der Waals surface area contributed by atoms with Crippen LogP contribution in [-0.2, 0) is 6.54 Å². The van der Waals surface area contributed by atoms with Crippen molar-refractivity contribution < 1.29 is 10.0 Å². The van der Waals surface area contributed by atoms with E-state index in [1.807, 2.05) is 6.07 Å². The van der Waals surface area contributed by atoms with E-state index in [1.54, 1.807) is 42.5 Å². The van der Waals surface area contributed by atoms with Gasteiger partial charge in [0.2, 0.25) is 0 Å². The lowest BCUT2D eigenvalue weighted by Crippen LogP contribution is -2.23. The van der Waals surface area contributed by atoms with E-state index in [9.17, 15) is 4.79 Å². The van der Waals surface area contributed by atoms with E-state index < -0.39 is 0 Å². The van der Waals surface area contributed by atoms with Gasteiger partial charge in [0.25, 0.3) is 5.91 Å². The van der Waals surface area contributed by atoms with Crippen LogP contribution in [0.3, 0.4) is 0 Å². The van der Waals surface area contributed by atoms with Crippen LogP contribution in [0.25, 0.3) is 0 Å². The fourth-order valence-electron chi connectivity index (χ4n) is 1.82. The Hall–Kier alpha value is -2.53. The molecule has 4 N–H and O–H groups in total. The summed E-state index contributed by atoms with van der Waals surface area (Å²) in [5, 5.41) is 14.8. The molecule has 21 heavy (non-hydrogen) atoms. The van der Waals surface area contributed by atoms with Crippen molar-refractivity contribution in [3.05, 3.63) is 70.2 Å². The molecule has 0 aliphatic heterocycles. The predicted molar refractivity (Wildman–Crippen MR) is 81.6 cm³/mol. The van der Waals surface area contributed by atoms with Gasteiger partial charge < -0.3 is 16.3 Å². The first-order valence-electron chi connectivity index (χ1n) is 6.21. The van der Waals surface area contributed by atoms with Crippen molar-refractivity contribution in [2.45, 2.75) is 6.54 Å². The Balaban J connectivity index is 2.07. The summed E-state index contributed by atoms with van der Waals surface area (Å²) in [6, 6.07) is 13.9. The van der Waals surface area contributed by atoms with Gasteiger partial charge in [-0.1, -0.05) is 47.1 Å².